The van der Waals surface area contributed by atoms with Crippen LogP contribution < -0.4 is 85.9 Å². The monoisotopic (exact) mass is 1660 g/mol. The first kappa shape index (κ1) is 97.7. The van der Waals surface area contributed by atoms with Crippen molar-refractivity contribution in [2.45, 2.75) is 229 Å². The van der Waals surface area contributed by atoms with Crippen LogP contribution in [0.5, 0.6) is 0 Å². The van der Waals surface area contributed by atoms with Gasteiger partial charge in [0, 0.05) is 53.7 Å². The number of benzene rings is 2. The van der Waals surface area contributed by atoms with Gasteiger partial charge in [0.1, 0.15) is 72.6 Å². The second-order valence-corrected chi connectivity index (χ2v) is 28.6. The third-order valence-electron chi connectivity index (χ3n) is 18.4. The van der Waals surface area contributed by atoms with Gasteiger partial charge in [-0.05, 0) is 69.3 Å². The fraction of sp³-hybridized carbons (Fsp3) is 0.547. The Hall–Kier alpha value is -12.7. The number of amides is 14. The van der Waals surface area contributed by atoms with Gasteiger partial charge >= 0.3 is 29.8 Å². The van der Waals surface area contributed by atoms with Gasteiger partial charge in [-0.2, -0.15) is 0 Å². The van der Waals surface area contributed by atoms with Crippen LogP contribution in [0.4, 0.5) is 5.69 Å². The molecule has 0 spiro atoms. The molecule has 648 valence electrons. The van der Waals surface area contributed by atoms with Crippen LogP contribution in [-0.2, 0) is 102 Å². The van der Waals surface area contributed by atoms with Crippen molar-refractivity contribution < 1.29 is 126 Å². The van der Waals surface area contributed by atoms with Crippen molar-refractivity contribution in [2.24, 2.45) is 11.7 Å². The predicted molar refractivity (Wildman–Crippen MR) is 414 cm³/mol. The van der Waals surface area contributed by atoms with Crippen LogP contribution in [0.3, 0.4) is 0 Å². The van der Waals surface area contributed by atoms with Crippen LogP contribution in [-0.4, -0.2) is 254 Å². The number of ketones is 1. The summed E-state index contributed by atoms with van der Waals surface area (Å²) in [6.07, 6.45) is -2.08. The number of hydrogen-bond acceptors (Lipinski definition) is 24. The quantitative estimate of drug-likeness (QED) is 0.0112. The van der Waals surface area contributed by atoms with Crippen LogP contribution in [0.1, 0.15) is 160 Å². The molecule has 13 unspecified atom stereocenters. The van der Waals surface area contributed by atoms with Gasteiger partial charge in [-0.15, -0.1) is 0 Å². The average Bonchev–Trinajstić information content (AvgIpc) is 1.59. The van der Waals surface area contributed by atoms with E-state index in [0.29, 0.717) is 29.3 Å². The fourth-order valence-electron chi connectivity index (χ4n) is 12.1. The Bertz CT molecular complexity index is 4120. The zero-order valence-corrected chi connectivity index (χ0v) is 66.1. The van der Waals surface area contributed by atoms with E-state index >= 15 is 0 Å². The number of aliphatic hydroxyl groups excluding tert-OH is 1. The number of H-pyrrole nitrogens is 1. The molecule has 14 amide bonds. The Morgan fingerprint density at radius 3 is 1.69 bits per heavy atom. The highest BCUT2D eigenvalue weighted by molar-refractivity contribution is 6.05. The Morgan fingerprint density at radius 2 is 1.08 bits per heavy atom. The highest BCUT2D eigenvalue weighted by atomic mass is 16.5. The number of carbonyl (C=O) groups excluding carboxylic acids is 16. The van der Waals surface area contributed by atoms with Gasteiger partial charge in [0.25, 0.3) is 0 Å². The summed E-state index contributed by atoms with van der Waals surface area (Å²) >= 11 is 0. The number of ether oxygens (including phenoxy) is 1. The van der Waals surface area contributed by atoms with Crippen LogP contribution in [0.25, 0.3) is 10.9 Å². The number of nitrogens with one attached hydrogen (secondary N) is 15. The number of para-hydroxylation sites is 2. The highest BCUT2D eigenvalue weighted by Crippen LogP contribution is 2.22. The molecule has 2 heterocycles. The number of fused-ring (bicyclic) bond motifs is 1. The Morgan fingerprint density at radius 1 is 0.542 bits per heavy atom. The van der Waals surface area contributed by atoms with E-state index in [1.54, 1.807) is 44.3 Å². The first-order valence-corrected chi connectivity index (χ1v) is 38.2. The fourth-order valence-corrected chi connectivity index (χ4v) is 12.1. The minimum atomic E-state index is -2.44. The Kier molecular flexibility index (Phi) is 40.8. The van der Waals surface area contributed by atoms with E-state index in [-0.39, 0.29) is 49.5 Å². The second kappa shape index (κ2) is 49.3. The van der Waals surface area contributed by atoms with E-state index in [4.69, 9.17) is 16.2 Å². The number of anilines is 1. The van der Waals surface area contributed by atoms with Gasteiger partial charge in [0.05, 0.1) is 51.8 Å². The van der Waals surface area contributed by atoms with E-state index in [0.717, 1.165) is 52.9 Å². The van der Waals surface area contributed by atoms with Crippen LogP contribution >= 0.6 is 0 Å². The molecule has 4 rings (SSSR count). The normalized spacial score (nSPS) is 21.0. The first-order valence-electron chi connectivity index (χ1n) is 38.2. The van der Waals surface area contributed by atoms with Gasteiger partial charge in [-0.25, -0.2) is 4.79 Å². The number of nitrogens with two attached hydrogens (primary N) is 2. The van der Waals surface area contributed by atoms with Crippen LogP contribution in [0, 0.1) is 5.92 Å². The van der Waals surface area contributed by atoms with E-state index in [2.05, 4.69) is 70.4 Å². The first-order chi connectivity index (χ1) is 55.7. The third kappa shape index (κ3) is 34.0. The molecule has 3 aromatic rings. The number of aromatic nitrogens is 1. The standard InChI is InChI=1S/C75H107N17O26/c1-7-8-9-10-11-12-13-24-56(96)84-47(27-41-33-79-45-22-17-15-19-42(41)45)69(111)87-48(29-55(77)95)70(112)89-51(32-62(105)106)71(113)92-64-40(6)118-75(117)52(28-54(94)43-20-14-16-21-44(43)76)90-74(116)63(38(4)26-59(99)100)91-72(114)53(36-93)85-58(98)34-80-66(108)49(30-60(101)102)86-65(107)39(5)82-68(110)50(31-61(103)104)88-67(109)46(23-18-25-78-37(2)3)83-57(97)35-81-73(64)115/h14-17,19-22,33,37-40,46-53,63-64,78-79,93H,7-13,18,23-32,34-36,76H2,1-6H3,(H2,77,95)(H,80,108)(H,81,115)(H,82,110)(H,83,97)(H,84,96)(H,85,98)(H,86,107)(H,87,111)(H,88,109)(H,89,112)(H,90,116)(H,91,114)(H,92,113)(H,99,100)(H,101,102)(H,103,104)(H,105,106). The number of nitrogen functional groups attached to an aromatic ring is 1. The molecule has 1 saturated heterocycles. The van der Waals surface area contributed by atoms with E-state index in [9.17, 15) is 121 Å². The summed E-state index contributed by atoms with van der Waals surface area (Å²) < 4.78 is 5.71. The number of carbonyl (C=O) groups is 20. The molecule has 2 aromatic carbocycles. The molecule has 13 atom stereocenters. The smallest absolute Gasteiger partial charge is 0.329 e. The topological polar surface area (TPSA) is 688 Å². The van der Waals surface area contributed by atoms with Crippen LogP contribution in [0.15, 0.2) is 54.7 Å². The lowest BCUT2D eigenvalue weighted by molar-refractivity contribution is -0.156. The summed E-state index contributed by atoms with van der Waals surface area (Å²) in [5, 5.41) is 82.3. The molecular weight excluding hydrogens is 1550 g/mol. The molecule has 1 fully saturated rings. The lowest BCUT2D eigenvalue weighted by atomic mass is 9.96. The number of primary amides is 1. The van der Waals surface area contributed by atoms with Gasteiger partial charge in [0.2, 0.25) is 82.7 Å². The number of cyclic esters (lactones) is 1. The number of carboxylic acids is 4. The number of aliphatic carboxylic acids is 4. The summed E-state index contributed by atoms with van der Waals surface area (Å²) in [4.78, 5) is 278. The van der Waals surface area contributed by atoms with Crippen molar-refractivity contribution in [2.75, 3.05) is 32.0 Å². The minimum absolute atomic E-state index is 0.0171. The summed E-state index contributed by atoms with van der Waals surface area (Å²) in [7, 11) is 0. The zero-order valence-electron chi connectivity index (χ0n) is 66.1. The maximum atomic E-state index is 14.9. The molecule has 1 aromatic heterocycles. The number of Topliss-reactive ketones (excluding diaryl/α,β-unsaturated/α-hetero) is 1. The molecule has 1 aliphatic heterocycles. The molecule has 1 aliphatic rings. The van der Waals surface area contributed by atoms with Crippen molar-refractivity contribution in [3.8, 4) is 0 Å². The molecule has 118 heavy (non-hydrogen) atoms. The minimum Gasteiger partial charge on any atom is -0.481 e. The second-order valence-electron chi connectivity index (χ2n) is 28.6. The third-order valence-corrected chi connectivity index (χ3v) is 18.4. The van der Waals surface area contributed by atoms with Crippen molar-refractivity contribution in [3.63, 3.8) is 0 Å². The van der Waals surface area contributed by atoms with Gasteiger partial charge in [0.15, 0.2) is 5.78 Å². The molecule has 24 N–H and O–H groups in total. The zero-order chi connectivity index (χ0) is 88.0. The highest BCUT2D eigenvalue weighted by Gasteiger charge is 2.41. The van der Waals surface area contributed by atoms with Gasteiger partial charge in [-0.3, -0.25) is 91.1 Å². The van der Waals surface area contributed by atoms with Gasteiger partial charge in [-0.1, -0.05) is 96.6 Å². The van der Waals surface area contributed by atoms with Gasteiger partial charge < -0.3 is 121 Å². The lowest BCUT2D eigenvalue weighted by Gasteiger charge is -2.30. The Labute approximate surface area is 676 Å². The molecule has 0 bridgehead atoms. The van der Waals surface area contributed by atoms with Crippen molar-refractivity contribution in [1.82, 2.24) is 79.4 Å². The number of rotatable bonds is 37. The number of aliphatic hydroxyl groups is 1. The molecule has 43 nitrogen and oxygen atoms in total. The average molecular weight is 1660 g/mol. The summed E-state index contributed by atoms with van der Waals surface area (Å²) in [6, 6.07) is -10.6. The number of unbranched alkanes of at least 4 members (excludes halogenated alkanes) is 6. The number of carboxylic acid groups (broad SMARTS) is 4. The van der Waals surface area contributed by atoms with Crippen molar-refractivity contribution in [1.29, 1.82) is 0 Å². The van der Waals surface area contributed by atoms with Crippen LogP contribution in [0.2, 0.25) is 0 Å². The lowest BCUT2D eigenvalue weighted by Crippen LogP contribution is -2.62. The van der Waals surface area contributed by atoms with E-state index < -0.39 is 255 Å². The predicted octanol–water partition coefficient (Wildman–Crippen LogP) is -4.58. The number of hydrogen-bond donors (Lipinski definition) is 22. The van der Waals surface area contributed by atoms with E-state index in [1.807, 2.05) is 16.0 Å². The maximum Gasteiger partial charge on any atom is 0.329 e. The van der Waals surface area contributed by atoms with Crippen molar-refractivity contribution >= 4 is 135 Å². The molecule has 0 saturated carbocycles. The SMILES string of the molecule is CCCCCCCCCC(=O)NC(Cc1c[nH]c2ccccc12)C(=O)NC(CC(N)=O)C(=O)NC(CC(=O)O)C(=O)NC1C(=O)NCC(=O)NC(CCCNC(C)C)C(=O)NC(CC(=O)O)C(=O)NC(C)C(=O)NC(CC(=O)O)C(=O)NCC(=O)NC(CO)C(=O)NC(C(C)CC(=O)O)C(=O)NC(CC(=O)c2ccccc2N)C(=O)OC1C. The molecule has 0 radical (unpaired) electrons. The summed E-state index contributed by atoms with van der Waals surface area (Å²) in [6.45, 7) is 5.03. The number of aromatic amines is 1. The summed E-state index contributed by atoms with van der Waals surface area (Å²) in [5.41, 5.74) is 12.4. The summed E-state index contributed by atoms with van der Waals surface area (Å²) in [5.74, 6) is -29.6. The largest absolute Gasteiger partial charge is 0.481 e. The van der Waals surface area contributed by atoms with E-state index in [1.165, 1.54) is 24.3 Å². The maximum absolute atomic E-state index is 14.9. The van der Waals surface area contributed by atoms with Crippen molar-refractivity contribution in [3.05, 3.63) is 65.9 Å². The molecular formula is C75H107N17O26. The Balaban J connectivity index is 1.90. The molecule has 43 heteroatoms. The molecule has 0 aliphatic carbocycles. The number of esters is 1.